The Hall–Kier alpha value is -2.50. The van der Waals surface area contributed by atoms with Crippen molar-refractivity contribution in [2.45, 2.75) is 6.92 Å². The maximum atomic E-state index is 11.5. The van der Waals surface area contributed by atoms with Gasteiger partial charge in [-0.25, -0.2) is 9.59 Å². The molecule has 18 heavy (non-hydrogen) atoms. The molecule has 0 atom stereocenters. The molecule has 1 heterocycles. The zero-order chi connectivity index (χ0) is 13.3. The molecule has 0 fully saturated rings. The molecule has 0 bridgehead atoms. The average molecular weight is 250 g/mol. The highest BCUT2D eigenvalue weighted by molar-refractivity contribution is 5.94. The Kier molecular flexibility index (Phi) is 2.93. The Labute approximate surface area is 101 Å². The predicted molar refractivity (Wildman–Crippen MR) is 61.8 cm³/mol. The lowest BCUT2D eigenvalue weighted by Gasteiger charge is -2.04. The van der Waals surface area contributed by atoms with Crippen LogP contribution in [-0.2, 0) is 4.74 Å². The third kappa shape index (κ3) is 2.00. The Morgan fingerprint density at radius 3 is 2.72 bits per heavy atom. The van der Waals surface area contributed by atoms with E-state index < -0.39 is 11.6 Å². The Bertz CT molecular complexity index is 670. The standard InChI is InChI=1S/C12H10O6/c1-2-17-11(15)8-5-7-9(14)3-6(13)4-10(7)18-12(8)16/h3-5,13-14H,2H2,1H3. The summed E-state index contributed by atoms with van der Waals surface area (Å²) >= 11 is 0. The van der Waals surface area contributed by atoms with Gasteiger partial charge in [0.1, 0.15) is 22.6 Å². The van der Waals surface area contributed by atoms with Crippen molar-refractivity contribution >= 4 is 16.9 Å². The first-order chi connectivity index (χ1) is 8.52. The normalized spacial score (nSPS) is 10.5. The van der Waals surface area contributed by atoms with Gasteiger partial charge in [-0.15, -0.1) is 0 Å². The highest BCUT2D eigenvalue weighted by Crippen LogP contribution is 2.29. The number of ether oxygens (including phenoxy) is 1. The van der Waals surface area contributed by atoms with Crippen LogP contribution in [0, 0.1) is 0 Å². The van der Waals surface area contributed by atoms with E-state index in [0.29, 0.717) is 0 Å². The second-order valence-corrected chi connectivity index (χ2v) is 3.54. The topological polar surface area (TPSA) is 97.0 Å². The first-order valence-corrected chi connectivity index (χ1v) is 5.20. The van der Waals surface area contributed by atoms with Crippen LogP contribution in [0.15, 0.2) is 27.4 Å². The van der Waals surface area contributed by atoms with Crippen LogP contribution in [0.1, 0.15) is 17.3 Å². The second kappa shape index (κ2) is 4.40. The van der Waals surface area contributed by atoms with E-state index in [9.17, 15) is 19.8 Å². The maximum absolute atomic E-state index is 11.5. The van der Waals surface area contributed by atoms with Crippen LogP contribution in [0.25, 0.3) is 11.0 Å². The first kappa shape index (κ1) is 12.0. The molecule has 1 aromatic carbocycles. The molecule has 0 unspecified atom stereocenters. The molecule has 1 aromatic heterocycles. The van der Waals surface area contributed by atoms with Gasteiger partial charge in [0.2, 0.25) is 0 Å². The lowest BCUT2D eigenvalue weighted by atomic mass is 10.1. The van der Waals surface area contributed by atoms with Crippen LogP contribution in [0.2, 0.25) is 0 Å². The minimum atomic E-state index is -0.883. The summed E-state index contributed by atoms with van der Waals surface area (Å²) in [4.78, 5) is 23.0. The molecule has 0 saturated carbocycles. The number of aromatic hydroxyl groups is 2. The van der Waals surface area contributed by atoms with Gasteiger partial charge in [-0.05, 0) is 13.0 Å². The van der Waals surface area contributed by atoms with E-state index in [-0.39, 0.29) is 34.6 Å². The minimum Gasteiger partial charge on any atom is -0.508 e. The van der Waals surface area contributed by atoms with Gasteiger partial charge in [0.25, 0.3) is 0 Å². The molecule has 0 amide bonds. The zero-order valence-corrected chi connectivity index (χ0v) is 9.47. The van der Waals surface area contributed by atoms with Crippen molar-refractivity contribution in [1.29, 1.82) is 0 Å². The second-order valence-electron chi connectivity index (χ2n) is 3.54. The molecule has 0 aliphatic rings. The van der Waals surface area contributed by atoms with Gasteiger partial charge in [-0.2, -0.15) is 0 Å². The molecule has 0 aliphatic heterocycles. The summed E-state index contributed by atoms with van der Waals surface area (Å²) in [5.41, 5.74) is -1.19. The number of benzene rings is 1. The number of carbonyl (C=O) groups excluding carboxylic acids is 1. The van der Waals surface area contributed by atoms with Crippen molar-refractivity contribution in [3.8, 4) is 11.5 Å². The number of carbonyl (C=O) groups is 1. The van der Waals surface area contributed by atoms with Crippen molar-refractivity contribution in [2.24, 2.45) is 0 Å². The monoisotopic (exact) mass is 250 g/mol. The lowest BCUT2D eigenvalue weighted by Crippen LogP contribution is -2.16. The zero-order valence-electron chi connectivity index (χ0n) is 9.47. The van der Waals surface area contributed by atoms with Crippen LogP contribution in [0.3, 0.4) is 0 Å². The number of phenolic OH excluding ortho intramolecular Hbond substituents is 2. The summed E-state index contributed by atoms with van der Waals surface area (Å²) in [6, 6.07) is 3.43. The van der Waals surface area contributed by atoms with Crippen molar-refractivity contribution in [3.63, 3.8) is 0 Å². The predicted octanol–water partition coefficient (Wildman–Crippen LogP) is 1.38. The molecular formula is C12H10O6. The summed E-state index contributed by atoms with van der Waals surface area (Å²) in [6.45, 7) is 1.73. The molecule has 0 radical (unpaired) electrons. The number of phenols is 2. The molecule has 94 valence electrons. The fourth-order valence-electron chi connectivity index (χ4n) is 1.54. The van der Waals surface area contributed by atoms with Gasteiger partial charge in [0, 0.05) is 12.1 Å². The smallest absolute Gasteiger partial charge is 0.351 e. The van der Waals surface area contributed by atoms with Crippen molar-refractivity contribution in [3.05, 3.63) is 34.2 Å². The average Bonchev–Trinajstić information content (AvgIpc) is 2.27. The van der Waals surface area contributed by atoms with Gasteiger partial charge < -0.3 is 19.4 Å². The van der Waals surface area contributed by atoms with E-state index in [0.717, 1.165) is 6.07 Å². The number of fused-ring (bicyclic) bond motifs is 1. The van der Waals surface area contributed by atoms with E-state index in [1.807, 2.05) is 0 Å². The molecule has 0 aliphatic carbocycles. The third-order valence-corrected chi connectivity index (χ3v) is 2.31. The number of esters is 1. The number of hydrogen-bond acceptors (Lipinski definition) is 6. The quantitative estimate of drug-likeness (QED) is 0.617. The fourth-order valence-corrected chi connectivity index (χ4v) is 1.54. The van der Waals surface area contributed by atoms with E-state index in [1.165, 1.54) is 12.1 Å². The molecule has 2 aromatic rings. The van der Waals surface area contributed by atoms with Crippen LogP contribution < -0.4 is 5.63 Å². The molecule has 6 nitrogen and oxygen atoms in total. The van der Waals surface area contributed by atoms with Gasteiger partial charge in [0.15, 0.2) is 0 Å². The summed E-state index contributed by atoms with van der Waals surface area (Å²) in [6.07, 6.45) is 0. The molecule has 6 heteroatoms. The molecule has 2 rings (SSSR count). The summed E-state index contributed by atoms with van der Waals surface area (Å²) < 4.78 is 9.54. The first-order valence-electron chi connectivity index (χ1n) is 5.20. The Morgan fingerprint density at radius 2 is 2.06 bits per heavy atom. The van der Waals surface area contributed by atoms with Crippen molar-refractivity contribution in [2.75, 3.05) is 6.61 Å². The molecular weight excluding hydrogens is 240 g/mol. The largest absolute Gasteiger partial charge is 0.508 e. The van der Waals surface area contributed by atoms with Crippen molar-refractivity contribution < 1.29 is 24.2 Å². The lowest BCUT2D eigenvalue weighted by molar-refractivity contribution is 0.0522. The maximum Gasteiger partial charge on any atom is 0.351 e. The van der Waals surface area contributed by atoms with E-state index in [1.54, 1.807) is 6.92 Å². The third-order valence-electron chi connectivity index (χ3n) is 2.31. The highest BCUT2D eigenvalue weighted by Gasteiger charge is 2.16. The van der Waals surface area contributed by atoms with Gasteiger partial charge in [-0.1, -0.05) is 0 Å². The fraction of sp³-hybridized carbons (Fsp3) is 0.167. The summed E-state index contributed by atoms with van der Waals surface area (Å²) in [7, 11) is 0. The van der Waals surface area contributed by atoms with E-state index in [2.05, 4.69) is 0 Å². The summed E-state index contributed by atoms with van der Waals surface area (Å²) in [5.74, 6) is -1.35. The molecule has 0 saturated heterocycles. The van der Waals surface area contributed by atoms with Crippen LogP contribution in [-0.4, -0.2) is 22.8 Å². The number of hydrogen-bond donors (Lipinski definition) is 2. The Morgan fingerprint density at radius 1 is 1.33 bits per heavy atom. The summed E-state index contributed by atoms with van der Waals surface area (Å²) in [5, 5.41) is 19.0. The van der Waals surface area contributed by atoms with E-state index >= 15 is 0 Å². The van der Waals surface area contributed by atoms with Crippen LogP contribution >= 0.6 is 0 Å². The highest BCUT2D eigenvalue weighted by atomic mass is 16.5. The van der Waals surface area contributed by atoms with Crippen LogP contribution in [0.4, 0.5) is 0 Å². The van der Waals surface area contributed by atoms with E-state index in [4.69, 9.17) is 9.15 Å². The number of rotatable bonds is 2. The minimum absolute atomic E-state index is 0.00875. The Balaban J connectivity index is 2.69. The van der Waals surface area contributed by atoms with Gasteiger partial charge in [-0.3, -0.25) is 0 Å². The van der Waals surface area contributed by atoms with Crippen molar-refractivity contribution in [1.82, 2.24) is 0 Å². The molecule has 2 N–H and O–H groups in total. The van der Waals surface area contributed by atoms with Gasteiger partial charge in [0.05, 0.1) is 12.0 Å². The molecule has 0 spiro atoms. The van der Waals surface area contributed by atoms with Gasteiger partial charge >= 0.3 is 11.6 Å². The SMILES string of the molecule is CCOC(=O)c1cc2c(O)cc(O)cc2oc1=O. The van der Waals surface area contributed by atoms with Crippen LogP contribution in [0.5, 0.6) is 11.5 Å².